The summed E-state index contributed by atoms with van der Waals surface area (Å²) >= 11 is 0. The van der Waals surface area contributed by atoms with Gasteiger partial charge in [-0.15, -0.1) is 6.07 Å². The summed E-state index contributed by atoms with van der Waals surface area (Å²) in [4.78, 5) is 0. The maximum atomic E-state index is 12.0. The van der Waals surface area contributed by atoms with Crippen molar-refractivity contribution in [3.8, 4) is 0 Å². The summed E-state index contributed by atoms with van der Waals surface area (Å²) in [5.74, 6) is -10.0. The minimum atomic E-state index is -2.17. The van der Waals surface area contributed by atoms with Gasteiger partial charge in [-0.05, 0) is 43.7 Å². The zero-order valence-corrected chi connectivity index (χ0v) is 19.6. The summed E-state index contributed by atoms with van der Waals surface area (Å²) < 4.78 is 59.9. The van der Waals surface area contributed by atoms with Gasteiger partial charge in [0.2, 0.25) is 0 Å². The molecule has 4 rings (SSSR count). The second kappa shape index (κ2) is 11.5. The van der Waals surface area contributed by atoms with Crippen molar-refractivity contribution in [2.24, 2.45) is 0 Å². The first-order valence-electron chi connectivity index (χ1n) is 9.16. The Morgan fingerprint density at radius 1 is 0.500 bits per heavy atom. The zero-order chi connectivity index (χ0) is 22.4. The molecule has 4 aromatic rings. The molecule has 32 heavy (non-hydrogen) atoms. The quantitative estimate of drug-likeness (QED) is 0.0649. The van der Waals surface area contributed by atoms with Crippen LogP contribution in [0.5, 0.6) is 0 Å². The van der Waals surface area contributed by atoms with E-state index in [4.69, 9.17) is 6.66 Å². The molecule has 0 fully saturated rings. The molecule has 4 aromatic carbocycles. The molecule has 0 heterocycles. The van der Waals surface area contributed by atoms with Gasteiger partial charge in [-0.1, -0.05) is 54.6 Å². The first-order valence-corrected chi connectivity index (χ1v) is 11.1. The number of hydrogen-bond acceptors (Lipinski definition) is 0. The van der Waals surface area contributed by atoms with Crippen LogP contribution in [0.3, 0.4) is 0 Å². The van der Waals surface area contributed by atoms with Crippen LogP contribution in [0, 0.1) is 41.8 Å². The molecular weight excluding hydrogens is 623 g/mol. The van der Waals surface area contributed by atoms with E-state index in [0.717, 1.165) is 6.07 Å². The fourth-order valence-corrected chi connectivity index (χ4v) is 5.93. The topological polar surface area (TPSA) is 0 Å². The number of hydrogen-bond donors (Lipinski definition) is 0. The molecular formula is C25H17AuF5P. The molecule has 7 heteroatoms. The molecule has 0 aliphatic rings. The molecule has 0 atom stereocenters. The van der Waals surface area contributed by atoms with Crippen molar-refractivity contribution in [3.63, 3.8) is 0 Å². The van der Waals surface area contributed by atoms with Gasteiger partial charge in [0.1, 0.15) is 0 Å². The molecule has 0 aliphatic heterocycles. The third-order valence-corrected chi connectivity index (χ3v) is 8.12. The maximum absolute atomic E-state index is 12.0. The van der Waals surface area contributed by atoms with Gasteiger partial charge in [0.25, 0.3) is 0 Å². The van der Waals surface area contributed by atoms with Gasteiger partial charge >= 0.3 is 22.4 Å². The Kier molecular flexibility index (Phi) is 9.35. The Hall–Kier alpha value is -2.30. The predicted molar refractivity (Wildman–Crippen MR) is 116 cm³/mol. The third kappa shape index (κ3) is 5.54. The van der Waals surface area contributed by atoms with Crippen LogP contribution >= 0.6 is 7.26 Å². The zero-order valence-electron chi connectivity index (χ0n) is 16.5. The fraction of sp³-hybridized carbons (Fsp3) is 0. The van der Waals surface area contributed by atoms with E-state index in [-0.39, 0.29) is 22.4 Å². The Bertz CT molecular complexity index is 1020. The smallest absolute Gasteiger partial charge is 0.278 e. The molecule has 0 unspecified atom stereocenters. The standard InChI is InChI=1S/C19H17P.C6F5.Au/c1-20(17-11-5-2-6-12-17,18-13-7-3-8-14-18)19-15-9-4-10-16-19;7-2-1-3(8)5(10)6(11)4(2)9;/h2-16H,1H2;;/q;-1;+1. The predicted octanol–water partition coefficient (Wildman–Crippen LogP) is 5.95. The van der Waals surface area contributed by atoms with Crippen molar-refractivity contribution in [1.82, 2.24) is 0 Å². The average molecular weight is 640 g/mol. The van der Waals surface area contributed by atoms with Crippen LogP contribution in [-0.4, -0.2) is 0 Å². The van der Waals surface area contributed by atoms with E-state index >= 15 is 0 Å². The van der Waals surface area contributed by atoms with Crippen LogP contribution in [0.1, 0.15) is 0 Å². The number of benzene rings is 4. The SMILES string of the molecule is Fc1[c-]c(F)c(F)c(F)c1F.[Au+].[CH2-][P+](c1ccccc1)(c1ccccc1)c1ccccc1. The van der Waals surface area contributed by atoms with Crippen LogP contribution in [0.25, 0.3) is 0 Å². The molecule has 0 spiro atoms. The largest absolute Gasteiger partial charge is 1.00 e. The minimum Gasteiger partial charge on any atom is -0.278 e. The van der Waals surface area contributed by atoms with Crippen LogP contribution in [0.4, 0.5) is 22.0 Å². The van der Waals surface area contributed by atoms with Crippen molar-refractivity contribution >= 4 is 23.2 Å². The first-order chi connectivity index (χ1) is 14.9. The van der Waals surface area contributed by atoms with E-state index in [2.05, 4.69) is 91.0 Å². The summed E-state index contributed by atoms with van der Waals surface area (Å²) in [5.41, 5.74) is 0. The molecule has 0 aliphatic carbocycles. The van der Waals surface area contributed by atoms with Gasteiger partial charge in [-0.25, -0.2) is 13.2 Å². The van der Waals surface area contributed by atoms with Gasteiger partial charge in [0.05, 0.1) is 45.0 Å². The normalized spacial score (nSPS) is 10.6. The van der Waals surface area contributed by atoms with E-state index in [1.165, 1.54) is 15.9 Å². The van der Waals surface area contributed by atoms with Gasteiger partial charge in [-0.2, -0.15) is 6.66 Å². The first kappa shape index (κ1) is 26.0. The Morgan fingerprint density at radius 3 is 1.06 bits per heavy atom. The van der Waals surface area contributed by atoms with E-state index in [1.807, 2.05) is 0 Å². The van der Waals surface area contributed by atoms with Crippen molar-refractivity contribution < 1.29 is 44.3 Å². The van der Waals surface area contributed by atoms with E-state index in [9.17, 15) is 22.0 Å². The monoisotopic (exact) mass is 640 g/mol. The van der Waals surface area contributed by atoms with Gasteiger partial charge < -0.3 is 0 Å². The summed E-state index contributed by atoms with van der Waals surface area (Å²) in [6, 6.07) is 33.0. The molecule has 0 bridgehead atoms. The Morgan fingerprint density at radius 2 is 0.781 bits per heavy atom. The second-order valence-corrected chi connectivity index (χ2v) is 9.68. The van der Waals surface area contributed by atoms with Crippen molar-refractivity contribution in [1.29, 1.82) is 0 Å². The number of halogens is 5. The Labute approximate surface area is 200 Å². The molecule has 168 valence electrons. The van der Waals surface area contributed by atoms with Crippen LogP contribution in [-0.2, 0) is 22.4 Å². The van der Waals surface area contributed by atoms with Crippen LogP contribution in [0.2, 0.25) is 0 Å². The van der Waals surface area contributed by atoms with Gasteiger partial charge in [0.15, 0.2) is 0 Å². The second-order valence-electron chi connectivity index (χ2n) is 6.51. The average Bonchev–Trinajstić information content (AvgIpc) is 2.83. The van der Waals surface area contributed by atoms with Crippen molar-refractivity contribution in [3.05, 3.63) is 133 Å². The molecule has 0 saturated carbocycles. The van der Waals surface area contributed by atoms with Gasteiger partial charge in [-0.3, -0.25) is 8.78 Å². The molecule has 0 saturated heterocycles. The molecule has 0 nitrogen and oxygen atoms in total. The molecule has 0 amide bonds. The summed E-state index contributed by atoms with van der Waals surface area (Å²) in [7, 11) is -1.78. The molecule has 0 N–H and O–H groups in total. The molecule has 0 aromatic heterocycles. The van der Waals surface area contributed by atoms with Crippen molar-refractivity contribution in [2.45, 2.75) is 0 Å². The molecule has 0 radical (unpaired) electrons. The van der Waals surface area contributed by atoms with Crippen LogP contribution in [0.15, 0.2) is 91.0 Å². The van der Waals surface area contributed by atoms with E-state index in [0.29, 0.717) is 0 Å². The van der Waals surface area contributed by atoms with E-state index in [1.54, 1.807) is 0 Å². The fourth-order valence-electron chi connectivity index (χ4n) is 2.99. The van der Waals surface area contributed by atoms with Gasteiger partial charge in [0, 0.05) is 0 Å². The Balaban J connectivity index is 0.000000259. The van der Waals surface area contributed by atoms with E-state index < -0.39 is 36.3 Å². The summed E-state index contributed by atoms with van der Waals surface area (Å²) in [5, 5.41) is 3.95. The summed E-state index contributed by atoms with van der Waals surface area (Å²) in [6.45, 7) is 4.69. The minimum absolute atomic E-state index is 0. The summed E-state index contributed by atoms with van der Waals surface area (Å²) in [6.07, 6.45) is 0. The van der Waals surface area contributed by atoms with Crippen LogP contribution < -0.4 is 15.9 Å². The van der Waals surface area contributed by atoms with Crippen molar-refractivity contribution in [2.75, 3.05) is 0 Å². The number of rotatable bonds is 3. The maximum Gasteiger partial charge on any atom is 1.00 e. The third-order valence-electron chi connectivity index (χ3n) is 4.58.